The molecule has 1 aromatic heterocycles. The summed E-state index contributed by atoms with van der Waals surface area (Å²) in [6.45, 7) is 4.76. The molecule has 2 heteroatoms. The highest BCUT2D eigenvalue weighted by molar-refractivity contribution is 7.26. The predicted octanol–water partition coefficient (Wildman–Crippen LogP) is 19.2. The van der Waals surface area contributed by atoms with Crippen molar-refractivity contribution < 1.29 is 0 Å². The van der Waals surface area contributed by atoms with E-state index in [1.807, 2.05) is 11.3 Å². The summed E-state index contributed by atoms with van der Waals surface area (Å²) in [5, 5.41) is 2.63. The Balaban J connectivity index is 0.964. The van der Waals surface area contributed by atoms with Crippen molar-refractivity contribution in [2.75, 3.05) is 4.90 Å². The van der Waals surface area contributed by atoms with E-state index < -0.39 is 5.41 Å². The number of benzene rings is 11. The molecule has 15 rings (SSSR count). The molecule has 3 aliphatic rings. The Bertz CT molecular complexity index is 4140. The molecular weight excluding hydrogens is 887 g/mol. The van der Waals surface area contributed by atoms with Crippen molar-refractivity contribution in [3.63, 3.8) is 0 Å². The Hall–Kier alpha value is -8.56. The van der Waals surface area contributed by atoms with Gasteiger partial charge in [0, 0.05) is 42.5 Å². The predicted molar refractivity (Wildman–Crippen MR) is 304 cm³/mol. The van der Waals surface area contributed by atoms with Crippen LogP contribution in [0.2, 0.25) is 0 Å². The quantitative estimate of drug-likeness (QED) is 0.166. The second kappa shape index (κ2) is 15.5. The molecule has 12 aromatic rings. The van der Waals surface area contributed by atoms with E-state index in [2.05, 4.69) is 267 Å². The molecule has 1 heterocycles. The van der Waals surface area contributed by atoms with Gasteiger partial charge in [0.15, 0.2) is 0 Å². The first-order valence-corrected chi connectivity index (χ1v) is 26.0. The van der Waals surface area contributed by atoms with Gasteiger partial charge in [-0.15, -0.1) is 11.3 Å². The summed E-state index contributed by atoms with van der Waals surface area (Å²) in [5.41, 5.74) is 25.8. The lowest BCUT2D eigenvalue weighted by molar-refractivity contribution is 0.660. The van der Waals surface area contributed by atoms with Crippen LogP contribution < -0.4 is 4.90 Å². The number of anilines is 3. The molecule has 0 fully saturated rings. The van der Waals surface area contributed by atoms with E-state index in [1.54, 1.807) is 0 Å². The van der Waals surface area contributed by atoms with Crippen molar-refractivity contribution >= 4 is 48.6 Å². The summed E-state index contributed by atoms with van der Waals surface area (Å²) in [5.74, 6) is 0. The van der Waals surface area contributed by atoms with Crippen LogP contribution in [0.4, 0.5) is 17.1 Å². The molecule has 11 aromatic carbocycles. The van der Waals surface area contributed by atoms with E-state index in [0.29, 0.717) is 0 Å². The fourth-order valence-electron chi connectivity index (χ4n) is 13.2. The van der Waals surface area contributed by atoms with Crippen molar-refractivity contribution in [1.82, 2.24) is 0 Å². The van der Waals surface area contributed by atoms with Gasteiger partial charge in [0.25, 0.3) is 0 Å². The molecule has 1 spiro atoms. The molecule has 0 unspecified atom stereocenters. The average molecular weight is 934 g/mol. The van der Waals surface area contributed by atoms with Gasteiger partial charge in [0.1, 0.15) is 0 Å². The first-order valence-electron chi connectivity index (χ1n) is 25.2. The average Bonchev–Trinajstić information content (AvgIpc) is 4.02. The smallest absolute Gasteiger partial charge is 0.0725 e. The van der Waals surface area contributed by atoms with Gasteiger partial charge in [-0.1, -0.05) is 226 Å². The maximum atomic E-state index is 2.52. The molecule has 0 saturated carbocycles. The molecule has 0 saturated heterocycles. The van der Waals surface area contributed by atoms with Crippen LogP contribution in [0.25, 0.3) is 86.9 Å². The van der Waals surface area contributed by atoms with Crippen LogP contribution in [0.3, 0.4) is 0 Å². The Kier molecular flexibility index (Phi) is 8.86. The van der Waals surface area contributed by atoms with E-state index in [9.17, 15) is 0 Å². The SMILES string of the molecule is CC1(C)c2ccccc2-c2ccc(N(c3ccc(-c4cccc5c4sc4ccccc45)cc3)c3ccccc3-c3cccc4c3-c3ccccc3C43c4ccccc4-c4ccccc4-c4ccccc43)cc21. The zero-order chi connectivity index (χ0) is 47.7. The molecule has 3 aliphatic carbocycles. The van der Waals surface area contributed by atoms with Crippen LogP contribution >= 0.6 is 11.3 Å². The van der Waals surface area contributed by atoms with Crippen molar-refractivity contribution in [2.45, 2.75) is 24.7 Å². The van der Waals surface area contributed by atoms with E-state index in [1.165, 1.54) is 120 Å². The standard InChI is InChI=1S/C70H47NS/c1-69(2)59-30-11-5-23-52(59)53-42-41-46(43-64(53)69)71(45-39-37-44(38-40-45)47-27-17-29-57-55-25-10-16-36-66(55)72-68(47)57)65-35-15-9-24-54(65)56-28-18-34-63-67(56)58-26-8-14-33-62(58)70(63)60-31-12-6-21-50(60)48-19-3-4-20-49(48)51-22-7-13-32-61(51)70/h3-43H,1-2H3. The molecule has 72 heavy (non-hydrogen) atoms. The maximum Gasteiger partial charge on any atom is 0.0725 e. The van der Waals surface area contributed by atoms with Crippen molar-refractivity contribution in [3.05, 3.63) is 282 Å². The van der Waals surface area contributed by atoms with Crippen LogP contribution in [0.5, 0.6) is 0 Å². The normalized spacial score (nSPS) is 13.9. The van der Waals surface area contributed by atoms with Crippen LogP contribution in [0, 0.1) is 0 Å². The number of fused-ring (bicyclic) bond motifs is 18. The number of para-hydroxylation sites is 1. The summed E-state index contributed by atoms with van der Waals surface area (Å²) in [6, 6.07) is 93.8. The number of nitrogens with zero attached hydrogens (tertiary/aromatic N) is 1. The minimum atomic E-state index is -0.573. The highest BCUT2D eigenvalue weighted by Crippen LogP contribution is 2.63. The van der Waals surface area contributed by atoms with Gasteiger partial charge in [-0.3, -0.25) is 0 Å². The highest BCUT2D eigenvalue weighted by atomic mass is 32.1. The molecule has 0 N–H and O–H groups in total. The summed E-state index contributed by atoms with van der Waals surface area (Å²) in [6.07, 6.45) is 0. The molecule has 0 amide bonds. The molecule has 0 atom stereocenters. The van der Waals surface area contributed by atoms with E-state index in [-0.39, 0.29) is 5.41 Å². The maximum absolute atomic E-state index is 2.52. The Morgan fingerprint density at radius 3 is 1.50 bits per heavy atom. The minimum absolute atomic E-state index is 0.164. The fourth-order valence-corrected chi connectivity index (χ4v) is 14.5. The summed E-state index contributed by atoms with van der Waals surface area (Å²) < 4.78 is 2.65. The first kappa shape index (κ1) is 41.2. The summed E-state index contributed by atoms with van der Waals surface area (Å²) in [7, 11) is 0. The lowest BCUT2D eigenvalue weighted by Gasteiger charge is -2.35. The van der Waals surface area contributed by atoms with Gasteiger partial charge in [-0.25, -0.2) is 0 Å². The third kappa shape index (κ3) is 5.64. The second-order valence-electron chi connectivity index (χ2n) is 20.2. The fraction of sp³-hybridized carbons (Fsp3) is 0.0571. The van der Waals surface area contributed by atoms with E-state index in [4.69, 9.17) is 0 Å². The zero-order valence-electron chi connectivity index (χ0n) is 40.0. The molecule has 0 radical (unpaired) electrons. The monoisotopic (exact) mass is 933 g/mol. The zero-order valence-corrected chi connectivity index (χ0v) is 40.8. The van der Waals surface area contributed by atoms with Crippen LogP contribution in [-0.4, -0.2) is 0 Å². The largest absolute Gasteiger partial charge is 0.310 e. The summed E-state index contributed by atoms with van der Waals surface area (Å²) in [4.78, 5) is 2.52. The van der Waals surface area contributed by atoms with Gasteiger partial charge in [-0.2, -0.15) is 0 Å². The van der Waals surface area contributed by atoms with Crippen molar-refractivity contribution in [2.24, 2.45) is 0 Å². The van der Waals surface area contributed by atoms with Crippen LogP contribution in [0.15, 0.2) is 249 Å². The van der Waals surface area contributed by atoms with Gasteiger partial charge < -0.3 is 4.90 Å². The Morgan fingerprint density at radius 2 is 0.792 bits per heavy atom. The van der Waals surface area contributed by atoms with Gasteiger partial charge in [0.05, 0.1) is 11.1 Å². The van der Waals surface area contributed by atoms with Crippen LogP contribution in [-0.2, 0) is 10.8 Å². The molecule has 0 bridgehead atoms. The van der Waals surface area contributed by atoms with Crippen LogP contribution in [0.1, 0.15) is 47.2 Å². The van der Waals surface area contributed by atoms with E-state index in [0.717, 1.165) is 17.1 Å². The second-order valence-corrected chi connectivity index (χ2v) is 21.3. The third-order valence-corrected chi connectivity index (χ3v) is 17.6. The highest BCUT2D eigenvalue weighted by Gasteiger charge is 2.50. The lowest BCUT2D eigenvalue weighted by atomic mass is 9.66. The number of hydrogen-bond donors (Lipinski definition) is 0. The van der Waals surface area contributed by atoms with Gasteiger partial charge >= 0.3 is 0 Å². The summed E-state index contributed by atoms with van der Waals surface area (Å²) >= 11 is 1.89. The number of thiophene rings is 1. The number of hydrogen-bond acceptors (Lipinski definition) is 2. The minimum Gasteiger partial charge on any atom is -0.310 e. The van der Waals surface area contributed by atoms with Gasteiger partial charge in [0.2, 0.25) is 0 Å². The first-order chi connectivity index (χ1) is 35.5. The van der Waals surface area contributed by atoms with Gasteiger partial charge in [-0.05, 0) is 131 Å². The third-order valence-electron chi connectivity index (χ3n) is 16.3. The van der Waals surface area contributed by atoms with E-state index >= 15 is 0 Å². The Morgan fingerprint density at radius 1 is 0.319 bits per heavy atom. The Labute approximate surface area is 424 Å². The van der Waals surface area contributed by atoms with Crippen molar-refractivity contribution in [1.29, 1.82) is 0 Å². The van der Waals surface area contributed by atoms with Crippen molar-refractivity contribution in [3.8, 4) is 66.8 Å². The number of rotatable bonds is 5. The lowest BCUT2D eigenvalue weighted by Crippen LogP contribution is -2.29. The molecule has 1 nitrogen and oxygen atoms in total. The molecule has 0 aliphatic heterocycles. The molecule has 338 valence electrons. The topological polar surface area (TPSA) is 3.24 Å². The molecular formula is C70H47NS.